The van der Waals surface area contributed by atoms with E-state index in [0.717, 1.165) is 11.3 Å². The molecular formula is C14H16ClNO5S2. The Morgan fingerprint density at radius 2 is 1.91 bits per heavy atom. The van der Waals surface area contributed by atoms with Crippen molar-refractivity contribution in [1.29, 1.82) is 0 Å². The Labute approximate surface area is 143 Å². The maximum absolute atomic E-state index is 12.1. The first-order valence-electron chi connectivity index (χ1n) is 6.52. The van der Waals surface area contributed by atoms with Crippen molar-refractivity contribution in [2.45, 2.75) is 10.3 Å². The lowest BCUT2D eigenvalue weighted by Crippen LogP contribution is -2.28. The summed E-state index contributed by atoms with van der Waals surface area (Å²) in [5.74, 6) is 0.981. The van der Waals surface area contributed by atoms with Crippen LogP contribution in [-0.4, -0.2) is 34.3 Å². The highest BCUT2D eigenvalue weighted by atomic mass is 35.5. The van der Waals surface area contributed by atoms with Gasteiger partial charge in [-0.05, 0) is 29.8 Å². The van der Waals surface area contributed by atoms with E-state index in [9.17, 15) is 13.5 Å². The molecule has 2 rings (SSSR count). The topological polar surface area (TPSA) is 84.9 Å². The zero-order valence-electron chi connectivity index (χ0n) is 12.4. The van der Waals surface area contributed by atoms with Gasteiger partial charge in [-0.15, -0.1) is 11.3 Å². The smallest absolute Gasteiger partial charge is 0.250 e. The molecule has 0 amide bonds. The molecule has 2 aromatic rings. The number of hydrogen-bond acceptors (Lipinski definition) is 6. The van der Waals surface area contributed by atoms with Gasteiger partial charge in [0, 0.05) is 6.54 Å². The molecule has 0 aliphatic carbocycles. The van der Waals surface area contributed by atoms with Gasteiger partial charge >= 0.3 is 0 Å². The molecule has 126 valence electrons. The Bertz CT molecular complexity index is 775. The molecule has 0 aliphatic heterocycles. The van der Waals surface area contributed by atoms with Crippen LogP contribution in [0.3, 0.4) is 0 Å². The second-order valence-electron chi connectivity index (χ2n) is 4.54. The molecule has 0 saturated carbocycles. The summed E-state index contributed by atoms with van der Waals surface area (Å²) in [5, 5.41) is 10.2. The van der Waals surface area contributed by atoms with Crippen molar-refractivity contribution in [1.82, 2.24) is 4.72 Å². The molecule has 1 unspecified atom stereocenters. The van der Waals surface area contributed by atoms with Gasteiger partial charge in [-0.1, -0.05) is 17.7 Å². The van der Waals surface area contributed by atoms with E-state index in [-0.39, 0.29) is 10.8 Å². The molecule has 2 N–H and O–H groups in total. The third-order valence-electron chi connectivity index (χ3n) is 3.07. The Kier molecular flexibility index (Phi) is 5.88. The van der Waals surface area contributed by atoms with E-state index >= 15 is 0 Å². The highest BCUT2D eigenvalue weighted by Gasteiger charge is 2.19. The molecule has 1 aromatic heterocycles. The fourth-order valence-corrected chi connectivity index (χ4v) is 4.45. The van der Waals surface area contributed by atoms with Gasteiger partial charge in [-0.2, -0.15) is 0 Å². The fourth-order valence-electron chi connectivity index (χ4n) is 1.88. The number of aliphatic hydroxyl groups excluding tert-OH is 1. The zero-order valence-corrected chi connectivity index (χ0v) is 14.8. The van der Waals surface area contributed by atoms with Crippen molar-refractivity contribution in [3.05, 3.63) is 40.2 Å². The second kappa shape index (κ2) is 7.50. The number of ether oxygens (including phenoxy) is 2. The van der Waals surface area contributed by atoms with Crippen LogP contribution in [0.1, 0.15) is 11.7 Å². The predicted octanol–water partition coefficient (Wildman–Crippen LogP) is 2.43. The average molecular weight is 378 g/mol. The van der Waals surface area contributed by atoms with E-state index in [1.54, 1.807) is 18.2 Å². The molecular weight excluding hydrogens is 362 g/mol. The first kappa shape index (κ1) is 18.0. The van der Waals surface area contributed by atoms with E-state index in [2.05, 4.69) is 4.72 Å². The summed E-state index contributed by atoms with van der Waals surface area (Å²) in [7, 11) is -0.711. The summed E-state index contributed by atoms with van der Waals surface area (Å²) in [4.78, 5) is 0. The van der Waals surface area contributed by atoms with Crippen LogP contribution in [0, 0.1) is 0 Å². The number of halogens is 1. The van der Waals surface area contributed by atoms with Gasteiger partial charge < -0.3 is 14.6 Å². The Morgan fingerprint density at radius 3 is 2.48 bits per heavy atom. The molecule has 0 spiro atoms. The van der Waals surface area contributed by atoms with Crippen LogP contribution in [0.5, 0.6) is 11.5 Å². The molecule has 9 heteroatoms. The summed E-state index contributed by atoms with van der Waals surface area (Å²) >= 11 is 6.69. The standard InChI is InChI=1S/C14H16ClNO5S2/c1-20-11-4-3-9(7-12(11)21-2)10(17)8-16-23(18,19)14-6-5-13(15)22-14/h3-7,10,16-17H,8H2,1-2H3. The highest BCUT2D eigenvalue weighted by Crippen LogP contribution is 2.30. The van der Waals surface area contributed by atoms with Crippen LogP contribution >= 0.6 is 22.9 Å². The van der Waals surface area contributed by atoms with E-state index < -0.39 is 16.1 Å². The molecule has 0 saturated heterocycles. The lowest BCUT2D eigenvalue weighted by Gasteiger charge is -2.14. The maximum Gasteiger partial charge on any atom is 0.250 e. The lowest BCUT2D eigenvalue weighted by molar-refractivity contribution is 0.181. The van der Waals surface area contributed by atoms with Gasteiger partial charge in [0.1, 0.15) is 4.21 Å². The van der Waals surface area contributed by atoms with Crippen LogP contribution in [0.4, 0.5) is 0 Å². The van der Waals surface area contributed by atoms with E-state index in [1.165, 1.54) is 26.4 Å². The van der Waals surface area contributed by atoms with Crippen LogP contribution in [0.2, 0.25) is 4.34 Å². The van der Waals surface area contributed by atoms with Crippen molar-refractivity contribution in [2.75, 3.05) is 20.8 Å². The number of nitrogens with one attached hydrogen (secondary N) is 1. The van der Waals surface area contributed by atoms with E-state index in [1.807, 2.05) is 0 Å². The largest absolute Gasteiger partial charge is 0.493 e. The van der Waals surface area contributed by atoms with Crippen LogP contribution < -0.4 is 14.2 Å². The molecule has 0 fully saturated rings. The number of thiophene rings is 1. The zero-order chi connectivity index (χ0) is 17.0. The summed E-state index contributed by atoms with van der Waals surface area (Å²) in [6.45, 7) is -0.173. The molecule has 1 heterocycles. The molecule has 1 atom stereocenters. The SMILES string of the molecule is COc1ccc(C(O)CNS(=O)(=O)c2ccc(Cl)s2)cc1OC. The highest BCUT2D eigenvalue weighted by molar-refractivity contribution is 7.91. The third-order valence-corrected chi connectivity index (χ3v) is 6.22. The van der Waals surface area contributed by atoms with Gasteiger partial charge in [0.05, 0.1) is 24.7 Å². The van der Waals surface area contributed by atoms with Crippen molar-refractivity contribution in [3.63, 3.8) is 0 Å². The summed E-state index contributed by atoms with van der Waals surface area (Å²) in [5.41, 5.74) is 0.509. The normalized spacial score (nSPS) is 12.9. The van der Waals surface area contributed by atoms with Crippen LogP contribution in [-0.2, 0) is 10.0 Å². The van der Waals surface area contributed by atoms with E-state index in [4.69, 9.17) is 21.1 Å². The van der Waals surface area contributed by atoms with Gasteiger partial charge in [0.2, 0.25) is 10.0 Å². The average Bonchev–Trinajstić information content (AvgIpc) is 2.99. The number of aliphatic hydroxyl groups is 1. The molecule has 6 nitrogen and oxygen atoms in total. The minimum absolute atomic E-state index is 0.0991. The molecule has 0 aliphatic rings. The Hall–Kier alpha value is -1.32. The minimum atomic E-state index is -3.70. The first-order valence-corrected chi connectivity index (χ1v) is 9.20. The van der Waals surface area contributed by atoms with Crippen molar-refractivity contribution < 1.29 is 23.0 Å². The predicted molar refractivity (Wildman–Crippen MR) is 89.0 cm³/mol. The van der Waals surface area contributed by atoms with Gasteiger partial charge in [-0.25, -0.2) is 13.1 Å². The first-order chi connectivity index (χ1) is 10.9. The second-order valence-corrected chi connectivity index (χ2v) is 8.25. The van der Waals surface area contributed by atoms with Crippen molar-refractivity contribution >= 4 is 33.0 Å². The minimum Gasteiger partial charge on any atom is -0.493 e. The number of methoxy groups -OCH3 is 2. The number of hydrogen-bond donors (Lipinski definition) is 2. The van der Waals surface area contributed by atoms with E-state index in [0.29, 0.717) is 21.4 Å². The van der Waals surface area contributed by atoms with Crippen molar-refractivity contribution in [2.24, 2.45) is 0 Å². The lowest BCUT2D eigenvalue weighted by atomic mass is 10.1. The maximum atomic E-state index is 12.1. The van der Waals surface area contributed by atoms with Crippen molar-refractivity contribution in [3.8, 4) is 11.5 Å². The van der Waals surface area contributed by atoms with Crippen LogP contribution in [0.25, 0.3) is 0 Å². The van der Waals surface area contributed by atoms with Crippen LogP contribution in [0.15, 0.2) is 34.5 Å². The number of sulfonamides is 1. The Morgan fingerprint density at radius 1 is 1.22 bits per heavy atom. The molecule has 1 aromatic carbocycles. The number of rotatable bonds is 7. The third kappa shape index (κ3) is 4.36. The van der Waals surface area contributed by atoms with Gasteiger partial charge in [-0.3, -0.25) is 0 Å². The Balaban J connectivity index is 2.09. The van der Waals surface area contributed by atoms with Gasteiger partial charge in [0.25, 0.3) is 0 Å². The summed E-state index contributed by atoms with van der Waals surface area (Å²) < 4.78 is 37.3. The fraction of sp³-hybridized carbons (Fsp3) is 0.286. The monoisotopic (exact) mass is 377 g/mol. The molecule has 23 heavy (non-hydrogen) atoms. The summed E-state index contributed by atoms with van der Waals surface area (Å²) in [6.07, 6.45) is -1.03. The molecule has 0 radical (unpaired) electrons. The summed E-state index contributed by atoms with van der Waals surface area (Å²) in [6, 6.07) is 7.80. The molecule has 0 bridgehead atoms. The quantitative estimate of drug-likeness (QED) is 0.774. The number of benzene rings is 1. The van der Waals surface area contributed by atoms with Gasteiger partial charge in [0.15, 0.2) is 11.5 Å².